The second-order valence-corrected chi connectivity index (χ2v) is 6.42. The molecule has 0 aromatic carbocycles. The number of nitrogens with zero attached hydrogens (tertiary/aromatic N) is 3. The zero-order chi connectivity index (χ0) is 15.4. The number of anilines is 2. The average Bonchev–Trinajstić information content (AvgIpc) is 2.48. The second-order valence-electron chi connectivity index (χ2n) is 6.42. The van der Waals surface area contributed by atoms with Crippen LogP contribution in [0, 0.1) is 6.92 Å². The summed E-state index contributed by atoms with van der Waals surface area (Å²) in [6, 6.07) is 0.641. The Balaban J connectivity index is 2.42. The lowest BCUT2D eigenvalue weighted by atomic mass is 9.97. The van der Waals surface area contributed by atoms with Crippen LogP contribution in [0.4, 0.5) is 11.6 Å². The summed E-state index contributed by atoms with van der Waals surface area (Å²) in [5.41, 5.74) is 1.19. The first kappa shape index (κ1) is 16.1. The summed E-state index contributed by atoms with van der Waals surface area (Å²) in [6.07, 6.45) is 6.41. The van der Waals surface area contributed by atoms with Gasteiger partial charge in [0, 0.05) is 31.1 Å². The van der Waals surface area contributed by atoms with Crippen molar-refractivity contribution in [3.63, 3.8) is 0 Å². The first-order chi connectivity index (χ1) is 10.1. The van der Waals surface area contributed by atoms with Crippen molar-refractivity contribution in [1.82, 2.24) is 9.97 Å². The second kappa shape index (κ2) is 7.10. The molecule has 2 heterocycles. The zero-order valence-corrected chi connectivity index (χ0v) is 14.2. The minimum atomic E-state index is 0.353. The maximum absolute atomic E-state index is 4.91. The van der Waals surface area contributed by atoms with Crippen molar-refractivity contribution in [1.29, 1.82) is 0 Å². The Morgan fingerprint density at radius 1 is 1.29 bits per heavy atom. The molecule has 1 saturated heterocycles. The van der Waals surface area contributed by atoms with Gasteiger partial charge >= 0.3 is 0 Å². The lowest BCUT2D eigenvalue weighted by Gasteiger charge is -2.38. The van der Waals surface area contributed by atoms with Crippen molar-refractivity contribution >= 4 is 11.6 Å². The van der Waals surface area contributed by atoms with Gasteiger partial charge in [-0.15, -0.1) is 0 Å². The van der Waals surface area contributed by atoms with Gasteiger partial charge in [-0.3, -0.25) is 0 Å². The highest BCUT2D eigenvalue weighted by atomic mass is 15.2. The minimum Gasteiger partial charge on any atom is -0.373 e. The number of rotatable bonds is 5. The first-order valence-corrected chi connectivity index (χ1v) is 8.41. The van der Waals surface area contributed by atoms with Crippen molar-refractivity contribution in [3.8, 4) is 0 Å². The van der Waals surface area contributed by atoms with Crippen LogP contribution < -0.4 is 10.2 Å². The van der Waals surface area contributed by atoms with Crippen LogP contribution in [0.25, 0.3) is 0 Å². The first-order valence-electron chi connectivity index (χ1n) is 8.41. The van der Waals surface area contributed by atoms with E-state index in [-0.39, 0.29) is 0 Å². The van der Waals surface area contributed by atoms with Crippen LogP contribution in [0.1, 0.15) is 70.2 Å². The molecule has 1 fully saturated rings. The summed E-state index contributed by atoms with van der Waals surface area (Å²) < 4.78 is 0. The summed E-state index contributed by atoms with van der Waals surface area (Å²) in [4.78, 5) is 12.1. The molecule has 4 heteroatoms. The molecule has 1 unspecified atom stereocenters. The van der Waals surface area contributed by atoms with Crippen molar-refractivity contribution in [3.05, 3.63) is 11.4 Å². The van der Waals surface area contributed by atoms with Crippen LogP contribution in [-0.4, -0.2) is 29.6 Å². The summed E-state index contributed by atoms with van der Waals surface area (Å²) in [5.74, 6) is 3.42. The lowest BCUT2D eigenvalue weighted by molar-refractivity contribution is 0.430. The fourth-order valence-electron chi connectivity index (χ4n) is 3.22. The Morgan fingerprint density at radius 3 is 2.67 bits per heavy atom. The Kier molecular flexibility index (Phi) is 5.43. The molecule has 0 aliphatic carbocycles. The molecule has 4 nitrogen and oxygen atoms in total. The molecule has 0 radical (unpaired) electrons. The summed E-state index contributed by atoms with van der Waals surface area (Å²) >= 11 is 0. The summed E-state index contributed by atoms with van der Waals surface area (Å²) in [7, 11) is 1.95. The normalized spacial score (nSPS) is 19.1. The van der Waals surface area contributed by atoms with Crippen LogP contribution >= 0.6 is 0 Å². The fraction of sp³-hybridized carbons (Fsp3) is 0.765. The SMILES string of the molecule is CCCC1CCCCN1c1nc(C(C)C)nc(NC)c1C. The van der Waals surface area contributed by atoms with E-state index in [1.54, 1.807) is 0 Å². The zero-order valence-electron chi connectivity index (χ0n) is 14.2. The molecule has 118 valence electrons. The largest absolute Gasteiger partial charge is 0.373 e. The molecule has 0 saturated carbocycles. The van der Waals surface area contributed by atoms with E-state index in [0.717, 1.165) is 24.0 Å². The average molecular weight is 290 g/mol. The number of hydrogen-bond donors (Lipinski definition) is 1. The van der Waals surface area contributed by atoms with E-state index < -0.39 is 0 Å². The van der Waals surface area contributed by atoms with Gasteiger partial charge in [0.1, 0.15) is 17.5 Å². The van der Waals surface area contributed by atoms with Crippen molar-refractivity contribution < 1.29 is 0 Å². The van der Waals surface area contributed by atoms with Crippen molar-refractivity contribution in [2.45, 2.75) is 71.8 Å². The molecule has 0 amide bonds. The van der Waals surface area contributed by atoms with Crippen LogP contribution in [0.5, 0.6) is 0 Å². The van der Waals surface area contributed by atoms with Gasteiger partial charge in [0.15, 0.2) is 0 Å². The van der Waals surface area contributed by atoms with Gasteiger partial charge in [0.2, 0.25) is 0 Å². The van der Waals surface area contributed by atoms with Gasteiger partial charge in [-0.1, -0.05) is 27.2 Å². The van der Waals surface area contributed by atoms with Gasteiger partial charge < -0.3 is 10.2 Å². The maximum atomic E-state index is 4.91. The van der Waals surface area contributed by atoms with Crippen LogP contribution in [-0.2, 0) is 0 Å². The topological polar surface area (TPSA) is 41.1 Å². The molecular weight excluding hydrogens is 260 g/mol. The van der Waals surface area contributed by atoms with E-state index in [0.29, 0.717) is 12.0 Å². The third-order valence-electron chi connectivity index (χ3n) is 4.41. The smallest absolute Gasteiger partial charge is 0.137 e. The number of aromatic nitrogens is 2. The van der Waals surface area contributed by atoms with Crippen LogP contribution in [0.3, 0.4) is 0 Å². The molecule has 0 spiro atoms. The highest BCUT2D eigenvalue weighted by Crippen LogP contribution is 2.31. The molecule has 1 aliphatic rings. The highest BCUT2D eigenvalue weighted by molar-refractivity contribution is 5.59. The third kappa shape index (κ3) is 3.47. The molecule has 1 atom stereocenters. The summed E-state index contributed by atoms with van der Waals surface area (Å²) in [6.45, 7) is 9.87. The Morgan fingerprint density at radius 2 is 2.05 bits per heavy atom. The van der Waals surface area contributed by atoms with Gasteiger partial charge in [-0.25, -0.2) is 9.97 Å². The van der Waals surface area contributed by atoms with E-state index in [2.05, 4.69) is 42.9 Å². The molecule has 0 bridgehead atoms. The predicted octanol–water partition coefficient (Wildman–Crippen LogP) is 4.11. The van der Waals surface area contributed by atoms with Crippen LogP contribution in [0.2, 0.25) is 0 Å². The van der Waals surface area contributed by atoms with E-state index in [4.69, 9.17) is 4.98 Å². The molecule has 2 rings (SSSR count). The number of nitrogens with one attached hydrogen (secondary N) is 1. The van der Waals surface area contributed by atoms with E-state index in [1.807, 2.05) is 7.05 Å². The summed E-state index contributed by atoms with van der Waals surface area (Å²) in [5, 5.41) is 3.24. The Hall–Kier alpha value is -1.32. The predicted molar refractivity (Wildman–Crippen MR) is 90.3 cm³/mol. The molecule has 1 aromatic rings. The Bertz CT molecular complexity index is 468. The van der Waals surface area contributed by atoms with Gasteiger partial charge in [0.25, 0.3) is 0 Å². The molecule has 1 N–H and O–H groups in total. The Labute approximate surface area is 129 Å². The number of piperidine rings is 1. The highest BCUT2D eigenvalue weighted by Gasteiger charge is 2.26. The number of hydrogen-bond acceptors (Lipinski definition) is 4. The minimum absolute atomic E-state index is 0.353. The molecule has 1 aliphatic heterocycles. The standard InChI is InChI=1S/C17H30N4/c1-6-9-14-10-7-8-11-21(14)17-13(4)16(18-5)19-15(20-17)12(2)3/h12,14H,6-11H2,1-5H3,(H,18,19,20). The van der Waals surface area contributed by atoms with Crippen molar-refractivity contribution in [2.75, 3.05) is 23.8 Å². The van der Waals surface area contributed by atoms with Crippen LogP contribution in [0.15, 0.2) is 0 Å². The van der Waals surface area contributed by atoms with Gasteiger partial charge in [0.05, 0.1) is 0 Å². The monoisotopic (exact) mass is 290 g/mol. The molecule has 21 heavy (non-hydrogen) atoms. The van der Waals surface area contributed by atoms with E-state index in [1.165, 1.54) is 37.7 Å². The van der Waals surface area contributed by atoms with E-state index in [9.17, 15) is 0 Å². The van der Waals surface area contributed by atoms with Crippen molar-refractivity contribution in [2.24, 2.45) is 0 Å². The maximum Gasteiger partial charge on any atom is 0.137 e. The third-order valence-corrected chi connectivity index (χ3v) is 4.41. The lowest BCUT2D eigenvalue weighted by Crippen LogP contribution is -2.40. The van der Waals surface area contributed by atoms with E-state index >= 15 is 0 Å². The molecular formula is C17H30N4. The molecule has 1 aromatic heterocycles. The van der Waals surface area contributed by atoms with Gasteiger partial charge in [-0.05, 0) is 32.6 Å². The van der Waals surface area contributed by atoms with Gasteiger partial charge in [-0.2, -0.15) is 0 Å². The quantitative estimate of drug-likeness (QED) is 0.886. The fourth-order valence-corrected chi connectivity index (χ4v) is 3.22.